The minimum Gasteiger partial charge on any atom is -0.390 e. The van der Waals surface area contributed by atoms with Crippen LogP contribution in [0.1, 0.15) is 46.5 Å². The molecule has 2 rings (SSSR count). The summed E-state index contributed by atoms with van der Waals surface area (Å²) in [5.74, 6) is 0.878. The van der Waals surface area contributed by atoms with Gasteiger partial charge in [0.2, 0.25) is 0 Å². The zero-order chi connectivity index (χ0) is 13.2. The summed E-state index contributed by atoms with van der Waals surface area (Å²) in [4.78, 5) is 5.16. The Balaban J connectivity index is 1.69. The largest absolute Gasteiger partial charge is 0.390 e. The molecule has 0 aromatic carbocycles. The Bertz CT molecular complexity index is 247. The van der Waals surface area contributed by atoms with Crippen molar-refractivity contribution in [2.45, 2.75) is 58.1 Å². The van der Waals surface area contributed by atoms with Gasteiger partial charge in [-0.2, -0.15) is 0 Å². The van der Waals surface area contributed by atoms with E-state index in [9.17, 15) is 5.11 Å². The molecule has 0 amide bonds. The highest BCUT2D eigenvalue weighted by Crippen LogP contribution is 2.25. The maximum Gasteiger partial charge on any atom is 0.0644 e. The van der Waals surface area contributed by atoms with Gasteiger partial charge < -0.3 is 14.9 Å². The summed E-state index contributed by atoms with van der Waals surface area (Å²) in [6, 6.07) is 0.705. The molecule has 0 bridgehead atoms. The van der Waals surface area contributed by atoms with Gasteiger partial charge in [0.15, 0.2) is 0 Å². The van der Waals surface area contributed by atoms with E-state index in [1.807, 2.05) is 6.92 Å². The smallest absolute Gasteiger partial charge is 0.0644 e. The lowest BCUT2D eigenvalue weighted by Gasteiger charge is -2.40. The first kappa shape index (κ1) is 14.3. The number of piperidine rings is 2. The number of likely N-dealkylation sites (tertiary alicyclic amines) is 2. The van der Waals surface area contributed by atoms with Crippen molar-refractivity contribution in [2.75, 3.05) is 32.7 Å². The lowest BCUT2D eigenvalue weighted by Crippen LogP contribution is -2.46. The van der Waals surface area contributed by atoms with Crippen LogP contribution in [0, 0.1) is 5.92 Å². The zero-order valence-electron chi connectivity index (χ0n) is 12.4. The van der Waals surface area contributed by atoms with Gasteiger partial charge in [-0.1, -0.05) is 0 Å². The average molecular weight is 254 g/mol. The molecule has 3 nitrogen and oxygen atoms in total. The molecule has 18 heavy (non-hydrogen) atoms. The Labute approximate surface area is 112 Å². The van der Waals surface area contributed by atoms with Crippen LogP contribution < -0.4 is 0 Å². The van der Waals surface area contributed by atoms with E-state index in [-0.39, 0.29) is 0 Å². The van der Waals surface area contributed by atoms with Gasteiger partial charge in [0.05, 0.1) is 5.60 Å². The average Bonchev–Trinajstić information content (AvgIpc) is 2.33. The molecule has 106 valence electrons. The van der Waals surface area contributed by atoms with Gasteiger partial charge in [-0.05, 0) is 65.5 Å². The second kappa shape index (κ2) is 5.89. The molecule has 0 aromatic heterocycles. The maximum atomic E-state index is 9.96. The van der Waals surface area contributed by atoms with Crippen LogP contribution in [0.4, 0.5) is 0 Å². The fourth-order valence-corrected chi connectivity index (χ4v) is 3.23. The Hall–Kier alpha value is -0.120. The molecule has 0 aromatic rings. The molecule has 1 N–H and O–H groups in total. The van der Waals surface area contributed by atoms with Gasteiger partial charge in [0.1, 0.15) is 0 Å². The van der Waals surface area contributed by atoms with Gasteiger partial charge in [0, 0.05) is 25.7 Å². The Morgan fingerprint density at radius 1 is 1.11 bits per heavy atom. The van der Waals surface area contributed by atoms with E-state index in [1.54, 1.807) is 0 Å². The predicted molar refractivity (Wildman–Crippen MR) is 75.7 cm³/mol. The standard InChI is InChI=1S/C15H30N2O/c1-13(2)17-8-4-14(5-9-17)12-16-10-6-15(3,18)7-11-16/h13-14,18H,4-12H2,1-3H3. The SMILES string of the molecule is CC(C)N1CCC(CN2CCC(C)(O)CC2)CC1. The predicted octanol–water partition coefficient (Wildman–Crippen LogP) is 1.95. The molecule has 2 aliphatic rings. The van der Waals surface area contributed by atoms with Crippen molar-refractivity contribution in [2.24, 2.45) is 5.92 Å². The van der Waals surface area contributed by atoms with Crippen LogP contribution in [0.3, 0.4) is 0 Å². The zero-order valence-corrected chi connectivity index (χ0v) is 12.4. The topological polar surface area (TPSA) is 26.7 Å². The first-order valence-corrected chi connectivity index (χ1v) is 7.65. The van der Waals surface area contributed by atoms with Crippen LogP contribution in [-0.4, -0.2) is 59.3 Å². The molecule has 3 heteroatoms. The van der Waals surface area contributed by atoms with E-state index in [0.29, 0.717) is 6.04 Å². The summed E-state index contributed by atoms with van der Waals surface area (Å²) in [5.41, 5.74) is -0.405. The summed E-state index contributed by atoms with van der Waals surface area (Å²) in [6.45, 7) is 12.5. The van der Waals surface area contributed by atoms with Gasteiger partial charge in [-0.3, -0.25) is 0 Å². The highest BCUT2D eigenvalue weighted by Gasteiger charge is 2.29. The third-order valence-electron chi connectivity index (χ3n) is 4.83. The summed E-state index contributed by atoms with van der Waals surface area (Å²) in [6.07, 6.45) is 4.59. The Kier molecular flexibility index (Phi) is 4.68. The fourth-order valence-electron chi connectivity index (χ4n) is 3.23. The Morgan fingerprint density at radius 2 is 1.67 bits per heavy atom. The third-order valence-corrected chi connectivity index (χ3v) is 4.83. The number of hydrogen-bond acceptors (Lipinski definition) is 3. The fraction of sp³-hybridized carbons (Fsp3) is 1.00. The molecule has 0 spiro atoms. The first-order valence-electron chi connectivity index (χ1n) is 7.65. The van der Waals surface area contributed by atoms with Crippen LogP contribution in [0.25, 0.3) is 0 Å². The number of aliphatic hydroxyl groups is 1. The van der Waals surface area contributed by atoms with Crippen molar-refractivity contribution >= 4 is 0 Å². The number of nitrogens with zero attached hydrogens (tertiary/aromatic N) is 2. The van der Waals surface area contributed by atoms with E-state index in [4.69, 9.17) is 0 Å². The van der Waals surface area contributed by atoms with Crippen LogP contribution in [0.2, 0.25) is 0 Å². The van der Waals surface area contributed by atoms with Crippen LogP contribution in [-0.2, 0) is 0 Å². The minimum absolute atomic E-state index is 0.405. The van der Waals surface area contributed by atoms with E-state index in [1.165, 1.54) is 32.5 Å². The highest BCUT2D eigenvalue weighted by atomic mass is 16.3. The molecule has 0 saturated carbocycles. The van der Waals surface area contributed by atoms with E-state index < -0.39 is 5.60 Å². The van der Waals surface area contributed by atoms with Crippen molar-refractivity contribution in [3.8, 4) is 0 Å². The molecule has 2 saturated heterocycles. The van der Waals surface area contributed by atoms with Gasteiger partial charge >= 0.3 is 0 Å². The van der Waals surface area contributed by atoms with Crippen molar-refractivity contribution < 1.29 is 5.11 Å². The van der Waals surface area contributed by atoms with Crippen molar-refractivity contribution in [3.05, 3.63) is 0 Å². The molecular weight excluding hydrogens is 224 g/mol. The van der Waals surface area contributed by atoms with Crippen molar-refractivity contribution in [1.29, 1.82) is 0 Å². The summed E-state index contributed by atoms with van der Waals surface area (Å²) >= 11 is 0. The van der Waals surface area contributed by atoms with Crippen molar-refractivity contribution in [1.82, 2.24) is 9.80 Å². The highest BCUT2D eigenvalue weighted by molar-refractivity contribution is 4.84. The van der Waals surface area contributed by atoms with E-state index >= 15 is 0 Å². The maximum absolute atomic E-state index is 9.96. The molecule has 2 fully saturated rings. The molecule has 0 radical (unpaired) electrons. The molecular formula is C15H30N2O. The van der Waals surface area contributed by atoms with Gasteiger partial charge in [-0.25, -0.2) is 0 Å². The second-order valence-electron chi connectivity index (χ2n) is 6.87. The van der Waals surface area contributed by atoms with Crippen LogP contribution in [0.15, 0.2) is 0 Å². The van der Waals surface area contributed by atoms with Gasteiger partial charge in [-0.15, -0.1) is 0 Å². The molecule has 0 unspecified atom stereocenters. The Morgan fingerprint density at radius 3 is 2.17 bits per heavy atom. The number of hydrogen-bond donors (Lipinski definition) is 1. The van der Waals surface area contributed by atoms with Gasteiger partial charge in [0.25, 0.3) is 0 Å². The summed E-state index contributed by atoms with van der Waals surface area (Å²) < 4.78 is 0. The summed E-state index contributed by atoms with van der Waals surface area (Å²) in [5, 5.41) is 9.96. The summed E-state index contributed by atoms with van der Waals surface area (Å²) in [7, 11) is 0. The molecule has 0 aliphatic carbocycles. The van der Waals surface area contributed by atoms with Crippen molar-refractivity contribution in [3.63, 3.8) is 0 Å². The minimum atomic E-state index is -0.405. The quantitative estimate of drug-likeness (QED) is 0.834. The lowest BCUT2D eigenvalue weighted by atomic mass is 9.91. The normalized spacial score (nSPS) is 27.8. The second-order valence-corrected chi connectivity index (χ2v) is 6.87. The van der Waals surface area contributed by atoms with Crippen LogP contribution in [0.5, 0.6) is 0 Å². The third kappa shape index (κ3) is 3.94. The monoisotopic (exact) mass is 254 g/mol. The van der Waals surface area contributed by atoms with Crippen LogP contribution >= 0.6 is 0 Å². The first-order chi connectivity index (χ1) is 8.46. The van der Waals surface area contributed by atoms with E-state index in [0.717, 1.165) is 31.8 Å². The lowest BCUT2D eigenvalue weighted by molar-refractivity contribution is -0.0116. The molecule has 2 heterocycles. The molecule has 2 aliphatic heterocycles. The number of rotatable bonds is 3. The molecule has 0 atom stereocenters. The van der Waals surface area contributed by atoms with E-state index in [2.05, 4.69) is 23.6 Å².